The van der Waals surface area contributed by atoms with E-state index in [1.54, 1.807) is 49.5 Å². The number of nitrogens with zero attached hydrogens (tertiary/aromatic N) is 1. The van der Waals surface area contributed by atoms with Gasteiger partial charge in [0, 0.05) is 13.0 Å². The first-order valence-electron chi connectivity index (χ1n) is 10.3. The molecule has 2 aromatic carbocycles. The summed E-state index contributed by atoms with van der Waals surface area (Å²) in [4.78, 5) is 29.8. The Kier molecular flexibility index (Phi) is 5.69. The Morgan fingerprint density at radius 1 is 1.03 bits per heavy atom. The molecular formula is C24H27N2O5+. The lowest BCUT2D eigenvalue weighted by molar-refractivity contribution is -0.858. The summed E-state index contributed by atoms with van der Waals surface area (Å²) in [7, 11) is 7.28. The van der Waals surface area contributed by atoms with Gasteiger partial charge in [-0.3, -0.25) is 9.59 Å². The number of hydrogen-bond acceptors (Lipinski definition) is 5. The molecule has 0 saturated carbocycles. The Hall–Kier alpha value is -3.32. The predicted molar refractivity (Wildman–Crippen MR) is 117 cm³/mol. The van der Waals surface area contributed by atoms with E-state index in [2.05, 4.69) is 14.1 Å². The smallest absolute Gasteiger partial charge is 0.290 e. The van der Waals surface area contributed by atoms with E-state index in [-0.39, 0.29) is 17.1 Å². The minimum atomic E-state index is -0.541. The van der Waals surface area contributed by atoms with Crippen LogP contribution < -0.4 is 19.8 Å². The summed E-state index contributed by atoms with van der Waals surface area (Å²) < 4.78 is 16.8. The number of benzene rings is 2. The highest BCUT2D eigenvalue weighted by Gasteiger charge is 2.42. The Labute approximate surface area is 180 Å². The zero-order valence-electron chi connectivity index (χ0n) is 18.2. The van der Waals surface area contributed by atoms with Crippen LogP contribution in [-0.4, -0.2) is 52.2 Å². The Morgan fingerprint density at radius 3 is 2.48 bits per heavy atom. The molecular weight excluding hydrogens is 396 g/mol. The Morgan fingerprint density at radius 2 is 1.77 bits per heavy atom. The van der Waals surface area contributed by atoms with Crippen molar-refractivity contribution in [1.82, 2.24) is 4.90 Å². The molecule has 1 N–H and O–H groups in total. The molecule has 1 amide bonds. The molecule has 0 saturated heterocycles. The van der Waals surface area contributed by atoms with Gasteiger partial charge in [0.25, 0.3) is 5.91 Å². The van der Waals surface area contributed by atoms with Crippen molar-refractivity contribution in [3.05, 3.63) is 69.6 Å². The number of amides is 1. The van der Waals surface area contributed by atoms with Gasteiger partial charge in [-0.1, -0.05) is 18.2 Å². The molecule has 0 aliphatic carbocycles. The second kappa shape index (κ2) is 8.43. The summed E-state index contributed by atoms with van der Waals surface area (Å²) in [6.45, 7) is 1.42. The molecule has 4 rings (SSSR count). The molecule has 7 nitrogen and oxygen atoms in total. The van der Waals surface area contributed by atoms with Crippen LogP contribution in [0, 0.1) is 0 Å². The highest BCUT2D eigenvalue weighted by molar-refractivity contribution is 5.99. The Bertz CT molecular complexity index is 1180. The molecule has 1 aliphatic rings. The fourth-order valence-electron chi connectivity index (χ4n) is 4.17. The molecule has 0 bridgehead atoms. The molecule has 1 aromatic heterocycles. The first kappa shape index (κ1) is 20.9. The van der Waals surface area contributed by atoms with Crippen molar-refractivity contribution in [1.29, 1.82) is 0 Å². The SMILES string of the molecule is COc1ccc([C@@H]2c3c(oc4ccccc4c3=O)C(=O)N2CCC[NH+](C)C)cc1OC. The second-order valence-electron chi connectivity index (χ2n) is 8.00. The molecule has 0 radical (unpaired) electrons. The van der Waals surface area contributed by atoms with Gasteiger partial charge in [-0.05, 0) is 29.8 Å². The molecule has 2 heterocycles. The van der Waals surface area contributed by atoms with Gasteiger partial charge in [0.15, 0.2) is 16.9 Å². The van der Waals surface area contributed by atoms with Crippen molar-refractivity contribution in [2.75, 3.05) is 41.4 Å². The number of fused-ring (bicyclic) bond motifs is 2. The van der Waals surface area contributed by atoms with Crippen LogP contribution in [0.25, 0.3) is 11.0 Å². The van der Waals surface area contributed by atoms with Crippen LogP contribution in [0.15, 0.2) is 51.7 Å². The number of nitrogens with one attached hydrogen (secondary N) is 1. The fraction of sp³-hybridized carbons (Fsp3) is 0.333. The maximum atomic E-state index is 13.5. The number of rotatable bonds is 7. The highest BCUT2D eigenvalue weighted by Crippen LogP contribution is 2.40. The van der Waals surface area contributed by atoms with E-state index >= 15 is 0 Å². The normalized spacial score (nSPS) is 15.6. The van der Waals surface area contributed by atoms with Crippen molar-refractivity contribution in [2.24, 2.45) is 0 Å². The zero-order chi connectivity index (χ0) is 22.1. The number of hydrogen-bond donors (Lipinski definition) is 1. The average molecular weight is 423 g/mol. The summed E-state index contributed by atoms with van der Waals surface area (Å²) in [5.74, 6) is 1.000. The van der Waals surface area contributed by atoms with Crippen LogP contribution in [0.4, 0.5) is 0 Å². The fourth-order valence-corrected chi connectivity index (χ4v) is 4.17. The average Bonchev–Trinajstić information content (AvgIpc) is 3.05. The zero-order valence-corrected chi connectivity index (χ0v) is 18.2. The molecule has 3 aromatic rings. The van der Waals surface area contributed by atoms with Crippen LogP contribution in [0.2, 0.25) is 0 Å². The third-order valence-corrected chi connectivity index (χ3v) is 5.67. The van der Waals surface area contributed by atoms with Crippen LogP contribution >= 0.6 is 0 Å². The first-order valence-corrected chi connectivity index (χ1v) is 10.3. The van der Waals surface area contributed by atoms with Crippen molar-refractivity contribution in [2.45, 2.75) is 12.5 Å². The number of para-hydroxylation sites is 1. The molecule has 0 unspecified atom stereocenters. The number of methoxy groups -OCH3 is 2. The molecule has 162 valence electrons. The van der Waals surface area contributed by atoms with Crippen molar-refractivity contribution < 1.29 is 23.6 Å². The van der Waals surface area contributed by atoms with E-state index in [9.17, 15) is 9.59 Å². The van der Waals surface area contributed by atoms with E-state index in [1.165, 1.54) is 4.90 Å². The van der Waals surface area contributed by atoms with Crippen molar-refractivity contribution >= 4 is 16.9 Å². The lowest BCUT2D eigenvalue weighted by atomic mass is 9.98. The summed E-state index contributed by atoms with van der Waals surface area (Å²) in [6, 6.07) is 12.0. The van der Waals surface area contributed by atoms with Gasteiger partial charge >= 0.3 is 0 Å². The molecule has 7 heteroatoms. The van der Waals surface area contributed by atoms with Gasteiger partial charge < -0.3 is 23.7 Å². The van der Waals surface area contributed by atoms with Gasteiger partial charge in [0.1, 0.15) is 5.58 Å². The van der Waals surface area contributed by atoms with Gasteiger partial charge in [-0.2, -0.15) is 0 Å². The topological polar surface area (TPSA) is 73.4 Å². The van der Waals surface area contributed by atoms with E-state index in [1.807, 2.05) is 12.1 Å². The second-order valence-corrected chi connectivity index (χ2v) is 8.00. The van der Waals surface area contributed by atoms with Gasteiger partial charge in [-0.25, -0.2) is 0 Å². The molecule has 1 atom stereocenters. The number of quaternary nitrogens is 1. The van der Waals surface area contributed by atoms with Crippen LogP contribution in [0.1, 0.15) is 34.1 Å². The Balaban J connectivity index is 1.88. The third-order valence-electron chi connectivity index (χ3n) is 5.67. The molecule has 1 aliphatic heterocycles. The standard InChI is InChI=1S/C24H26N2O5/c1-25(2)12-7-13-26-21(15-10-11-18(29-3)19(14-15)30-4)20-22(27)16-8-5-6-9-17(16)31-23(20)24(26)28/h5-6,8-11,14,21H,7,12-13H2,1-4H3/p+1/t21-/m1/s1. The van der Waals surface area contributed by atoms with E-state index in [0.29, 0.717) is 34.6 Å². The highest BCUT2D eigenvalue weighted by atomic mass is 16.5. The van der Waals surface area contributed by atoms with Gasteiger partial charge in [-0.15, -0.1) is 0 Å². The summed E-state index contributed by atoms with van der Waals surface area (Å²) in [5, 5.41) is 0.471. The van der Waals surface area contributed by atoms with E-state index in [0.717, 1.165) is 18.5 Å². The van der Waals surface area contributed by atoms with E-state index < -0.39 is 6.04 Å². The largest absolute Gasteiger partial charge is 0.493 e. The number of carbonyl (C=O) groups excluding carboxylic acids is 1. The molecule has 0 fully saturated rings. The quantitative estimate of drug-likeness (QED) is 0.628. The van der Waals surface area contributed by atoms with Crippen molar-refractivity contribution in [3.63, 3.8) is 0 Å². The minimum absolute atomic E-state index is 0.126. The summed E-state index contributed by atoms with van der Waals surface area (Å²) >= 11 is 0. The van der Waals surface area contributed by atoms with Crippen LogP contribution in [0.3, 0.4) is 0 Å². The lowest BCUT2D eigenvalue weighted by Gasteiger charge is -2.26. The summed E-state index contributed by atoms with van der Waals surface area (Å²) in [5.41, 5.74) is 1.41. The van der Waals surface area contributed by atoms with Gasteiger partial charge in [0.2, 0.25) is 5.76 Å². The maximum Gasteiger partial charge on any atom is 0.290 e. The predicted octanol–water partition coefficient (Wildman–Crippen LogP) is 1.89. The minimum Gasteiger partial charge on any atom is -0.493 e. The summed E-state index contributed by atoms with van der Waals surface area (Å²) in [6.07, 6.45) is 0.805. The monoisotopic (exact) mass is 423 g/mol. The molecule has 0 spiro atoms. The maximum absolute atomic E-state index is 13.5. The number of carbonyl (C=O) groups is 1. The van der Waals surface area contributed by atoms with Crippen LogP contribution in [0.5, 0.6) is 11.5 Å². The van der Waals surface area contributed by atoms with Gasteiger partial charge in [0.05, 0.1) is 51.9 Å². The number of ether oxygens (including phenoxy) is 2. The first-order chi connectivity index (χ1) is 15.0. The van der Waals surface area contributed by atoms with E-state index in [4.69, 9.17) is 13.9 Å². The third kappa shape index (κ3) is 3.65. The van der Waals surface area contributed by atoms with Crippen LogP contribution in [-0.2, 0) is 0 Å². The lowest BCUT2D eigenvalue weighted by Crippen LogP contribution is -3.05. The molecule has 31 heavy (non-hydrogen) atoms. The van der Waals surface area contributed by atoms with Crippen molar-refractivity contribution in [3.8, 4) is 11.5 Å².